The molecule has 2 unspecified atom stereocenters. The number of methoxy groups -OCH3 is 2. The van der Waals surface area contributed by atoms with Crippen molar-refractivity contribution in [3.63, 3.8) is 0 Å². The van der Waals surface area contributed by atoms with Gasteiger partial charge in [0.2, 0.25) is 5.91 Å². The molecule has 190 valence electrons. The third-order valence-corrected chi connectivity index (χ3v) is 7.82. The lowest BCUT2D eigenvalue weighted by Gasteiger charge is -2.41. The van der Waals surface area contributed by atoms with Gasteiger partial charge in [0.25, 0.3) is 0 Å². The molecular weight excluding hydrogens is 474 g/mol. The van der Waals surface area contributed by atoms with Crippen LogP contribution in [0.25, 0.3) is 10.8 Å². The monoisotopic (exact) mass is 503 g/mol. The number of nitrogens with zero attached hydrogens (tertiary/aromatic N) is 1. The molecule has 1 heterocycles. The summed E-state index contributed by atoms with van der Waals surface area (Å²) in [5.74, 6) is 0.965. The maximum Gasteiger partial charge on any atom is 0.232 e. The lowest BCUT2D eigenvalue weighted by atomic mass is 9.72. The number of anilines is 1. The van der Waals surface area contributed by atoms with Crippen molar-refractivity contribution < 1.29 is 19.1 Å². The highest BCUT2D eigenvalue weighted by molar-refractivity contribution is 6.11. The molecule has 0 radical (unpaired) electrons. The van der Waals surface area contributed by atoms with E-state index in [-0.39, 0.29) is 29.9 Å². The summed E-state index contributed by atoms with van der Waals surface area (Å²) >= 11 is 0. The number of carbonyl (C=O) groups excluding carboxylic acids is 2. The Balaban J connectivity index is 1.56. The summed E-state index contributed by atoms with van der Waals surface area (Å²) in [4.78, 5) is 29.9. The third kappa shape index (κ3) is 4.04. The average Bonchev–Trinajstić information content (AvgIpc) is 2.96. The van der Waals surface area contributed by atoms with Crippen LogP contribution in [0.1, 0.15) is 42.2 Å². The SMILES string of the molecule is COc1ccc(C2CC(=O)N(c3cccc4ccccc34)C3=C2C(=O)CC(c2ccccc2)C3)c(OC)c1. The molecule has 0 saturated carbocycles. The fraction of sp³-hybridized carbons (Fsp3) is 0.212. The van der Waals surface area contributed by atoms with Gasteiger partial charge in [0.1, 0.15) is 11.5 Å². The predicted octanol–water partition coefficient (Wildman–Crippen LogP) is 6.78. The van der Waals surface area contributed by atoms with Crippen molar-refractivity contribution in [3.05, 3.63) is 113 Å². The van der Waals surface area contributed by atoms with Crippen LogP contribution in [0.4, 0.5) is 5.69 Å². The molecule has 2 aliphatic rings. The molecule has 1 aliphatic heterocycles. The Kier molecular flexibility index (Phi) is 6.20. The van der Waals surface area contributed by atoms with E-state index in [9.17, 15) is 9.59 Å². The first kappa shape index (κ1) is 24.0. The van der Waals surface area contributed by atoms with Crippen molar-refractivity contribution in [2.45, 2.75) is 31.1 Å². The van der Waals surface area contributed by atoms with Crippen LogP contribution < -0.4 is 14.4 Å². The molecule has 0 spiro atoms. The van der Waals surface area contributed by atoms with Gasteiger partial charge in [0.15, 0.2) is 5.78 Å². The molecule has 0 saturated heterocycles. The van der Waals surface area contributed by atoms with Gasteiger partial charge in [0, 0.05) is 47.0 Å². The summed E-state index contributed by atoms with van der Waals surface area (Å²) in [5, 5.41) is 2.05. The van der Waals surface area contributed by atoms with Gasteiger partial charge in [0.05, 0.1) is 19.9 Å². The number of hydrogen-bond acceptors (Lipinski definition) is 4. The van der Waals surface area contributed by atoms with E-state index in [0.717, 1.165) is 33.3 Å². The second-order valence-electron chi connectivity index (χ2n) is 9.89. The van der Waals surface area contributed by atoms with Gasteiger partial charge in [-0.15, -0.1) is 0 Å². The predicted molar refractivity (Wildman–Crippen MR) is 149 cm³/mol. The third-order valence-electron chi connectivity index (χ3n) is 7.82. The molecule has 6 rings (SSSR count). The molecule has 5 heteroatoms. The Bertz CT molecular complexity index is 1570. The second-order valence-corrected chi connectivity index (χ2v) is 9.89. The summed E-state index contributed by atoms with van der Waals surface area (Å²) in [6, 6.07) is 29.8. The first-order chi connectivity index (χ1) is 18.6. The molecule has 4 aromatic rings. The summed E-state index contributed by atoms with van der Waals surface area (Å²) in [6.07, 6.45) is 1.21. The first-order valence-electron chi connectivity index (χ1n) is 12.9. The maximum atomic E-state index is 14.1. The van der Waals surface area contributed by atoms with E-state index in [4.69, 9.17) is 9.47 Å². The molecule has 4 aromatic carbocycles. The summed E-state index contributed by atoms with van der Waals surface area (Å²) in [6.45, 7) is 0. The molecule has 0 bridgehead atoms. The molecule has 0 fully saturated rings. The number of ketones is 1. The smallest absolute Gasteiger partial charge is 0.232 e. The molecule has 38 heavy (non-hydrogen) atoms. The summed E-state index contributed by atoms with van der Waals surface area (Å²) in [5.41, 5.74) is 4.28. The fourth-order valence-corrected chi connectivity index (χ4v) is 6.05. The number of carbonyl (C=O) groups is 2. The molecular formula is C33H29NO4. The van der Waals surface area contributed by atoms with Crippen molar-refractivity contribution in [1.29, 1.82) is 0 Å². The van der Waals surface area contributed by atoms with E-state index in [1.165, 1.54) is 0 Å². The van der Waals surface area contributed by atoms with Gasteiger partial charge in [-0.05, 0) is 35.4 Å². The molecule has 0 aromatic heterocycles. The van der Waals surface area contributed by atoms with Crippen molar-refractivity contribution in [2.75, 3.05) is 19.1 Å². The normalized spacial score (nSPS) is 19.5. The highest BCUT2D eigenvalue weighted by atomic mass is 16.5. The van der Waals surface area contributed by atoms with Crippen LogP contribution in [0.3, 0.4) is 0 Å². The highest BCUT2D eigenvalue weighted by Gasteiger charge is 2.43. The molecule has 5 nitrogen and oxygen atoms in total. The van der Waals surface area contributed by atoms with E-state index in [1.807, 2.05) is 83.8 Å². The van der Waals surface area contributed by atoms with Gasteiger partial charge < -0.3 is 9.47 Å². The minimum atomic E-state index is -0.381. The van der Waals surface area contributed by atoms with Gasteiger partial charge in [-0.2, -0.15) is 0 Å². The first-order valence-corrected chi connectivity index (χ1v) is 12.9. The van der Waals surface area contributed by atoms with E-state index in [0.29, 0.717) is 29.9 Å². The Morgan fingerprint density at radius 1 is 0.763 bits per heavy atom. The van der Waals surface area contributed by atoms with Gasteiger partial charge in [-0.1, -0.05) is 72.8 Å². The summed E-state index contributed by atoms with van der Waals surface area (Å²) in [7, 11) is 3.21. The van der Waals surface area contributed by atoms with Crippen molar-refractivity contribution in [2.24, 2.45) is 0 Å². The maximum absolute atomic E-state index is 14.1. The van der Waals surface area contributed by atoms with Crippen LogP contribution >= 0.6 is 0 Å². The zero-order valence-corrected chi connectivity index (χ0v) is 21.5. The van der Waals surface area contributed by atoms with Crippen LogP contribution in [-0.2, 0) is 9.59 Å². The second kappa shape index (κ2) is 9.82. The average molecular weight is 504 g/mol. The van der Waals surface area contributed by atoms with Crippen LogP contribution in [0.2, 0.25) is 0 Å². The number of rotatable bonds is 5. The van der Waals surface area contributed by atoms with Gasteiger partial charge >= 0.3 is 0 Å². The zero-order chi connectivity index (χ0) is 26.2. The topological polar surface area (TPSA) is 55.8 Å². The number of amides is 1. The Morgan fingerprint density at radius 2 is 1.53 bits per heavy atom. The van der Waals surface area contributed by atoms with Crippen molar-refractivity contribution in [3.8, 4) is 11.5 Å². The lowest BCUT2D eigenvalue weighted by Crippen LogP contribution is -2.42. The fourth-order valence-electron chi connectivity index (χ4n) is 6.05. The Hall–Kier alpha value is -4.38. The van der Waals surface area contributed by atoms with Crippen LogP contribution in [0, 0.1) is 0 Å². The lowest BCUT2D eigenvalue weighted by molar-refractivity contribution is -0.120. The number of benzene rings is 4. The van der Waals surface area contributed by atoms with E-state index in [2.05, 4.69) is 12.1 Å². The minimum absolute atomic E-state index is 0.00393. The molecule has 1 amide bonds. The molecule has 0 N–H and O–H groups in total. The number of allylic oxidation sites excluding steroid dienone is 2. The van der Waals surface area contributed by atoms with Gasteiger partial charge in [-0.3, -0.25) is 14.5 Å². The standard InChI is InChI=1S/C33H29NO4/c1-37-24-15-16-26(31(19-24)38-2)27-20-32(36)34(28-14-8-12-22-11-6-7-13-25(22)28)29-17-23(18-30(35)33(27)29)21-9-4-3-5-10-21/h3-16,19,23,27H,17-18,20H2,1-2H3. The van der Waals surface area contributed by atoms with Crippen LogP contribution in [0.5, 0.6) is 11.5 Å². The number of Topliss-reactive ketones (excluding diaryl/α,β-unsaturated/α-hetero) is 1. The van der Waals surface area contributed by atoms with Crippen LogP contribution in [-0.4, -0.2) is 25.9 Å². The Labute approximate surface area is 222 Å². The van der Waals surface area contributed by atoms with E-state index in [1.54, 1.807) is 14.2 Å². The van der Waals surface area contributed by atoms with E-state index < -0.39 is 0 Å². The molecule has 1 aliphatic carbocycles. The molecule has 2 atom stereocenters. The van der Waals surface area contributed by atoms with Crippen LogP contribution in [0.15, 0.2) is 102 Å². The van der Waals surface area contributed by atoms with Gasteiger partial charge in [-0.25, -0.2) is 0 Å². The number of ether oxygens (including phenoxy) is 2. The quantitative estimate of drug-likeness (QED) is 0.301. The largest absolute Gasteiger partial charge is 0.497 e. The summed E-state index contributed by atoms with van der Waals surface area (Å²) < 4.78 is 11.1. The van der Waals surface area contributed by atoms with Crippen molar-refractivity contribution in [1.82, 2.24) is 0 Å². The van der Waals surface area contributed by atoms with E-state index >= 15 is 0 Å². The zero-order valence-electron chi connectivity index (χ0n) is 21.5. The highest BCUT2D eigenvalue weighted by Crippen LogP contribution is 2.49. The number of hydrogen-bond donors (Lipinski definition) is 0. The minimum Gasteiger partial charge on any atom is -0.497 e. The Morgan fingerprint density at radius 3 is 2.32 bits per heavy atom. The van der Waals surface area contributed by atoms with Crippen molar-refractivity contribution >= 4 is 28.2 Å². The number of fused-ring (bicyclic) bond motifs is 1.